The highest BCUT2D eigenvalue weighted by atomic mass is 28.4. The molecule has 0 aromatic heterocycles. The van der Waals surface area contributed by atoms with Crippen LogP contribution in [-0.4, -0.2) is 32.4 Å². The minimum Gasteiger partial charge on any atom is -0.462 e. The molecular weight excluding hydrogens is 513 g/mol. The highest BCUT2D eigenvalue weighted by Crippen LogP contribution is 2.42. The molecule has 0 amide bonds. The first-order valence-corrected chi connectivity index (χ1v) is 16.1. The molecule has 0 aliphatic heterocycles. The fraction of sp³-hybridized carbons (Fsp3) is 0.516. The highest BCUT2D eigenvalue weighted by Gasteiger charge is 2.44. The molecule has 2 rings (SSSR count). The molecule has 0 spiro atoms. The van der Waals surface area contributed by atoms with Crippen molar-refractivity contribution >= 4 is 31.1 Å². The monoisotopic (exact) mass is 557 g/mol. The van der Waals surface area contributed by atoms with Gasteiger partial charge in [0.05, 0.1) is 17.1 Å². The Morgan fingerprint density at radius 2 is 1.41 bits per heavy atom. The molecule has 0 atom stereocenters. The topological polar surface area (TPSA) is 78.7 Å². The van der Waals surface area contributed by atoms with Crippen molar-refractivity contribution in [3.63, 3.8) is 0 Å². The van der Waals surface area contributed by atoms with Crippen LogP contribution in [0.5, 0.6) is 0 Å². The summed E-state index contributed by atoms with van der Waals surface area (Å²) in [5.41, 5.74) is 3.86. The third-order valence-corrected chi connectivity index (χ3v) is 13.6. The third-order valence-electron chi connectivity index (χ3n) is 7.47. The molecule has 0 heterocycles. The number of nitro benzene ring substituents is 1. The number of nitro groups is 1. The smallest absolute Gasteiger partial charge is 0.339 e. The number of carbonyl (C=O) groups is 1. The first-order valence-electron chi connectivity index (χ1n) is 14.0. The van der Waals surface area contributed by atoms with Crippen LogP contribution in [-0.2, 0) is 14.0 Å². The van der Waals surface area contributed by atoms with E-state index < -0.39 is 19.2 Å². The van der Waals surface area contributed by atoms with Crippen molar-refractivity contribution in [3.05, 3.63) is 75.6 Å². The van der Waals surface area contributed by atoms with Gasteiger partial charge in [0.2, 0.25) is 0 Å². The average molecular weight is 558 g/mol. The summed E-state index contributed by atoms with van der Waals surface area (Å²) in [7, 11) is -1.92. The SMILES string of the molecule is CCOC(=O)/C(=C(/CCCCCO[Si](C(C)C)(C(C)C)C(C)C)c1ccc(F)cc1)c1ccc([N+](=O)[O-])cc1. The first-order chi connectivity index (χ1) is 18.4. The minimum absolute atomic E-state index is 0.0610. The van der Waals surface area contributed by atoms with Gasteiger partial charge in [0.1, 0.15) is 5.82 Å². The van der Waals surface area contributed by atoms with Crippen molar-refractivity contribution in [2.75, 3.05) is 13.2 Å². The van der Waals surface area contributed by atoms with Crippen LogP contribution in [0.25, 0.3) is 11.1 Å². The van der Waals surface area contributed by atoms with Gasteiger partial charge in [0.15, 0.2) is 8.32 Å². The lowest BCUT2D eigenvalue weighted by molar-refractivity contribution is -0.384. The Bertz CT molecular complexity index is 1090. The lowest BCUT2D eigenvalue weighted by atomic mass is 9.90. The maximum atomic E-state index is 13.7. The van der Waals surface area contributed by atoms with E-state index in [1.165, 1.54) is 24.3 Å². The molecule has 0 saturated heterocycles. The zero-order chi connectivity index (χ0) is 29.2. The maximum Gasteiger partial charge on any atom is 0.339 e. The van der Waals surface area contributed by atoms with Crippen LogP contribution in [0.2, 0.25) is 16.6 Å². The summed E-state index contributed by atoms with van der Waals surface area (Å²) in [4.78, 5) is 23.9. The predicted octanol–water partition coefficient (Wildman–Crippen LogP) is 8.96. The number of benzene rings is 2. The van der Waals surface area contributed by atoms with Crippen LogP contribution in [0.3, 0.4) is 0 Å². The highest BCUT2D eigenvalue weighted by molar-refractivity contribution is 6.77. The number of carbonyl (C=O) groups excluding carboxylic acids is 1. The average Bonchev–Trinajstić information content (AvgIpc) is 2.87. The van der Waals surface area contributed by atoms with E-state index in [1.54, 1.807) is 31.2 Å². The number of halogens is 1. The van der Waals surface area contributed by atoms with Crippen molar-refractivity contribution in [1.82, 2.24) is 0 Å². The summed E-state index contributed by atoms with van der Waals surface area (Å²) in [6, 6.07) is 11.9. The van der Waals surface area contributed by atoms with Gasteiger partial charge in [-0.15, -0.1) is 0 Å². The fourth-order valence-electron chi connectivity index (χ4n) is 5.76. The molecule has 0 aliphatic carbocycles. The third kappa shape index (κ3) is 8.32. The van der Waals surface area contributed by atoms with Crippen molar-refractivity contribution in [3.8, 4) is 0 Å². The van der Waals surface area contributed by atoms with E-state index >= 15 is 0 Å². The molecule has 0 radical (unpaired) electrons. The molecule has 2 aromatic carbocycles. The summed E-state index contributed by atoms with van der Waals surface area (Å²) in [6.45, 7) is 16.3. The molecule has 0 N–H and O–H groups in total. The van der Waals surface area contributed by atoms with Crippen LogP contribution < -0.4 is 0 Å². The van der Waals surface area contributed by atoms with Gasteiger partial charge in [-0.05, 0) is 83.8 Å². The Hall–Kier alpha value is -2.84. The van der Waals surface area contributed by atoms with E-state index in [-0.39, 0.29) is 18.1 Å². The maximum absolute atomic E-state index is 13.7. The van der Waals surface area contributed by atoms with Gasteiger partial charge >= 0.3 is 5.97 Å². The van der Waals surface area contributed by atoms with Crippen molar-refractivity contribution in [2.45, 2.75) is 90.8 Å². The Morgan fingerprint density at radius 1 is 0.872 bits per heavy atom. The first kappa shape index (κ1) is 32.4. The number of allylic oxidation sites excluding steroid dienone is 1. The lowest BCUT2D eigenvalue weighted by Gasteiger charge is -2.42. The molecule has 8 heteroatoms. The number of non-ortho nitro benzene ring substituents is 1. The second-order valence-corrected chi connectivity index (χ2v) is 16.3. The number of hydrogen-bond acceptors (Lipinski definition) is 5. The summed E-state index contributed by atoms with van der Waals surface area (Å²) >= 11 is 0. The Balaban J connectivity index is 2.32. The Morgan fingerprint density at radius 3 is 1.90 bits per heavy atom. The van der Waals surface area contributed by atoms with Gasteiger partial charge in [-0.25, -0.2) is 9.18 Å². The van der Waals surface area contributed by atoms with Crippen LogP contribution in [0.15, 0.2) is 48.5 Å². The van der Waals surface area contributed by atoms with Gasteiger partial charge in [-0.2, -0.15) is 0 Å². The number of nitrogens with zero attached hydrogens (tertiary/aromatic N) is 1. The Kier molecular flexibility index (Phi) is 12.5. The van der Waals surface area contributed by atoms with E-state index in [2.05, 4.69) is 41.5 Å². The van der Waals surface area contributed by atoms with Gasteiger partial charge in [0.25, 0.3) is 5.69 Å². The molecule has 0 aliphatic rings. The quantitative estimate of drug-likeness (QED) is 0.0415. The zero-order valence-corrected chi connectivity index (χ0v) is 25.5. The van der Waals surface area contributed by atoms with Crippen LogP contribution >= 0.6 is 0 Å². The van der Waals surface area contributed by atoms with Crippen molar-refractivity contribution in [1.29, 1.82) is 0 Å². The number of ether oxygens (including phenoxy) is 1. The van der Waals surface area contributed by atoms with Gasteiger partial charge in [-0.1, -0.05) is 60.1 Å². The summed E-state index contributed by atoms with van der Waals surface area (Å²) in [5, 5.41) is 11.2. The largest absolute Gasteiger partial charge is 0.462 e. The van der Waals surface area contributed by atoms with Gasteiger partial charge in [-0.3, -0.25) is 10.1 Å². The number of esters is 1. The van der Waals surface area contributed by atoms with Crippen LogP contribution in [0, 0.1) is 15.9 Å². The number of rotatable bonds is 15. The molecule has 0 saturated carbocycles. The van der Waals surface area contributed by atoms with E-state index in [0.29, 0.717) is 40.8 Å². The summed E-state index contributed by atoms with van der Waals surface area (Å²) in [5.74, 6) is -0.869. The van der Waals surface area contributed by atoms with E-state index in [4.69, 9.17) is 9.16 Å². The van der Waals surface area contributed by atoms with Gasteiger partial charge in [0, 0.05) is 18.7 Å². The minimum atomic E-state index is -1.92. The standard InChI is InChI=1S/C31H44FNO5Si/c1-8-37-31(34)30(26-15-19-28(20-16-26)33(35)36)29(25-13-17-27(32)18-14-25)12-10-9-11-21-38-39(22(2)3,23(4)5)24(6)7/h13-20,22-24H,8-12,21H2,1-7H3/b30-29-. The molecule has 6 nitrogen and oxygen atoms in total. The summed E-state index contributed by atoms with van der Waals surface area (Å²) in [6.07, 6.45) is 3.17. The normalized spacial score (nSPS) is 12.7. The lowest BCUT2D eigenvalue weighted by Crippen LogP contribution is -2.47. The molecule has 0 unspecified atom stereocenters. The fourth-order valence-corrected chi connectivity index (χ4v) is 11.3. The molecule has 2 aromatic rings. The predicted molar refractivity (Wildman–Crippen MR) is 158 cm³/mol. The number of hydrogen-bond donors (Lipinski definition) is 0. The Labute approximate surface area is 233 Å². The molecule has 0 bridgehead atoms. The van der Waals surface area contributed by atoms with Crippen molar-refractivity contribution in [2.24, 2.45) is 0 Å². The second kappa shape index (κ2) is 15.1. The van der Waals surface area contributed by atoms with Crippen molar-refractivity contribution < 1.29 is 23.3 Å². The zero-order valence-electron chi connectivity index (χ0n) is 24.5. The molecule has 214 valence electrons. The van der Waals surface area contributed by atoms with Crippen LogP contribution in [0.4, 0.5) is 10.1 Å². The second-order valence-electron chi connectivity index (χ2n) is 10.9. The van der Waals surface area contributed by atoms with E-state index in [9.17, 15) is 19.3 Å². The molecule has 0 fully saturated rings. The van der Waals surface area contributed by atoms with Gasteiger partial charge < -0.3 is 9.16 Å². The molecular formula is C31H44FNO5Si. The van der Waals surface area contributed by atoms with E-state index in [1.807, 2.05) is 0 Å². The van der Waals surface area contributed by atoms with Crippen LogP contribution in [0.1, 0.15) is 85.3 Å². The molecule has 39 heavy (non-hydrogen) atoms. The number of unbranched alkanes of at least 4 members (excludes halogenated alkanes) is 2. The van der Waals surface area contributed by atoms with E-state index in [0.717, 1.165) is 30.4 Å². The summed E-state index contributed by atoms with van der Waals surface area (Å²) < 4.78 is 25.8.